The van der Waals surface area contributed by atoms with Crippen LogP contribution in [0, 0.1) is 6.92 Å². The van der Waals surface area contributed by atoms with Crippen molar-refractivity contribution in [3.05, 3.63) is 16.6 Å². The smallest absolute Gasteiger partial charge is 0.264 e. The molecule has 0 bridgehead atoms. The third kappa shape index (κ3) is 1.99. The first-order chi connectivity index (χ1) is 4.91. The van der Waals surface area contributed by atoms with Crippen molar-refractivity contribution in [1.82, 2.24) is 9.55 Å². The highest BCUT2D eigenvalue weighted by Crippen LogP contribution is 2.30. The van der Waals surface area contributed by atoms with Crippen molar-refractivity contribution in [3.63, 3.8) is 0 Å². The van der Waals surface area contributed by atoms with Crippen molar-refractivity contribution in [2.75, 3.05) is 0 Å². The third-order valence-electron chi connectivity index (χ3n) is 1.13. The molecule has 11 heavy (non-hydrogen) atoms. The first kappa shape index (κ1) is 9.12. The summed E-state index contributed by atoms with van der Waals surface area (Å²) in [7, 11) is 0. The second-order valence-corrected chi connectivity index (χ2v) is 3.72. The van der Waals surface area contributed by atoms with Crippen LogP contribution in [0.25, 0.3) is 0 Å². The summed E-state index contributed by atoms with van der Waals surface area (Å²) >= 11 is 5.21. The molecule has 0 radical (unpaired) electrons. The summed E-state index contributed by atoms with van der Waals surface area (Å²) < 4.78 is 26.2. The van der Waals surface area contributed by atoms with Crippen LogP contribution < -0.4 is 0 Å². The molecule has 1 rings (SSSR count). The molecule has 0 spiro atoms. The van der Waals surface area contributed by atoms with Gasteiger partial charge in [-0.1, -0.05) is 0 Å². The van der Waals surface area contributed by atoms with Gasteiger partial charge >= 0.3 is 4.96 Å². The van der Waals surface area contributed by atoms with Crippen LogP contribution in [0.15, 0.2) is 10.8 Å². The van der Waals surface area contributed by atoms with Gasteiger partial charge in [-0.2, -0.15) is 8.78 Å². The standard InChI is InChI=1S/C5H4Br2F2N2/c1-3-10-4(6)2-11(3)5(7,8)9/h2H,1H3. The Kier molecular flexibility index (Phi) is 2.34. The van der Waals surface area contributed by atoms with Gasteiger partial charge in [-0.15, -0.1) is 0 Å². The minimum atomic E-state index is -3.06. The summed E-state index contributed by atoms with van der Waals surface area (Å²) in [5, 5.41) is 0. The van der Waals surface area contributed by atoms with E-state index < -0.39 is 4.96 Å². The van der Waals surface area contributed by atoms with E-state index in [4.69, 9.17) is 0 Å². The second kappa shape index (κ2) is 2.82. The van der Waals surface area contributed by atoms with Crippen LogP contribution in [0.1, 0.15) is 5.82 Å². The average molecular weight is 290 g/mol. The molecule has 0 atom stereocenters. The van der Waals surface area contributed by atoms with Gasteiger partial charge in [0, 0.05) is 22.1 Å². The number of hydrogen-bond acceptors (Lipinski definition) is 1. The molecule has 0 saturated heterocycles. The zero-order valence-corrected chi connectivity index (χ0v) is 8.66. The van der Waals surface area contributed by atoms with Gasteiger partial charge in [0.25, 0.3) is 0 Å². The van der Waals surface area contributed by atoms with E-state index in [9.17, 15) is 8.78 Å². The number of aromatic nitrogens is 2. The summed E-state index contributed by atoms with van der Waals surface area (Å²) in [5.41, 5.74) is 0. The fourth-order valence-electron chi connectivity index (χ4n) is 0.694. The summed E-state index contributed by atoms with van der Waals surface area (Å²) in [5.74, 6) is 0.249. The summed E-state index contributed by atoms with van der Waals surface area (Å²) in [6.45, 7) is 1.50. The highest BCUT2D eigenvalue weighted by Gasteiger charge is 2.28. The van der Waals surface area contributed by atoms with Crippen molar-refractivity contribution in [2.45, 2.75) is 11.9 Å². The minimum Gasteiger partial charge on any atom is -0.264 e. The highest BCUT2D eigenvalue weighted by atomic mass is 79.9. The molecule has 0 saturated carbocycles. The van der Waals surface area contributed by atoms with Gasteiger partial charge in [0.05, 0.1) is 0 Å². The number of alkyl halides is 3. The fraction of sp³-hybridized carbons (Fsp3) is 0.400. The molecule has 0 N–H and O–H groups in total. The second-order valence-electron chi connectivity index (χ2n) is 1.95. The number of hydrogen-bond donors (Lipinski definition) is 0. The molecule has 1 aromatic rings. The Morgan fingerprint density at radius 3 is 2.36 bits per heavy atom. The minimum absolute atomic E-state index is 0.249. The Bertz CT molecular complexity index is 266. The van der Waals surface area contributed by atoms with Crippen molar-refractivity contribution in [1.29, 1.82) is 0 Å². The molecule has 0 aromatic carbocycles. The normalized spacial score (nSPS) is 12.1. The summed E-state index contributed by atoms with van der Waals surface area (Å²) in [6.07, 6.45) is 1.21. The SMILES string of the molecule is Cc1nc(Br)cn1C(F)(F)Br. The van der Waals surface area contributed by atoms with Crippen molar-refractivity contribution >= 4 is 31.9 Å². The summed E-state index contributed by atoms with van der Waals surface area (Å²) in [4.78, 5) is 0.688. The van der Waals surface area contributed by atoms with Crippen LogP contribution >= 0.6 is 31.9 Å². The molecule has 0 unspecified atom stereocenters. The van der Waals surface area contributed by atoms with E-state index in [1.807, 2.05) is 0 Å². The molecular weight excluding hydrogens is 286 g/mol. The van der Waals surface area contributed by atoms with Gasteiger partial charge in [0.15, 0.2) is 0 Å². The lowest BCUT2D eigenvalue weighted by atomic mass is 10.7. The van der Waals surface area contributed by atoms with Gasteiger partial charge in [0.1, 0.15) is 10.4 Å². The first-order valence-corrected chi connectivity index (χ1v) is 4.28. The lowest BCUT2D eigenvalue weighted by Gasteiger charge is -2.10. The van der Waals surface area contributed by atoms with Crippen molar-refractivity contribution in [3.8, 4) is 0 Å². The molecule has 0 aliphatic carbocycles. The topological polar surface area (TPSA) is 17.8 Å². The average Bonchev–Trinajstić information content (AvgIpc) is 2.08. The molecule has 0 fully saturated rings. The number of rotatable bonds is 1. The zero-order chi connectivity index (χ0) is 8.65. The predicted molar refractivity (Wildman–Crippen MR) is 43.8 cm³/mol. The van der Waals surface area contributed by atoms with Gasteiger partial charge in [0.2, 0.25) is 0 Å². The maximum atomic E-state index is 12.5. The van der Waals surface area contributed by atoms with Gasteiger partial charge in [-0.05, 0) is 22.9 Å². The Morgan fingerprint density at radius 1 is 1.64 bits per heavy atom. The molecule has 1 heterocycles. The lowest BCUT2D eigenvalue weighted by Crippen LogP contribution is -2.14. The van der Waals surface area contributed by atoms with Gasteiger partial charge < -0.3 is 0 Å². The van der Waals surface area contributed by atoms with Crippen molar-refractivity contribution < 1.29 is 8.78 Å². The highest BCUT2D eigenvalue weighted by molar-refractivity contribution is 9.10. The number of nitrogens with zero attached hydrogens (tertiary/aromatic N) is 2. The molecule has 0 aliphatic rings. The van der Waals surface area contributed by atoms with E-state index in [-0.39, 0.29) is 5.82 Å². The maximum Gasteiger partial charge on any atom is 0.387 e. The Hall–Kier alpha value is 0.0300. The Morgan fingerprint density at radius 2 is 2.18 bits per heavy atom. The van der Waals surface area contributed by atoms with Gasteiger partial charge in [-0.3, -0.25) is 4.57 Å². The van der Waals surface area contributed by atoms with Crippen LogP contribution in [-0.4, -0.2) is 9.55 Å². The van der Waals surface area contributed by atoms with Crippen LogP contribution in [0.4, 0.5) is 8.78 Å². The Labute approximate surface area is 78.9 Å². The molecule has 62 valence electrons. The fourth-order valence-corrected chi connectivity index (χ4v) is 1.51. The van der Waals surface area contributed by atoms with Crippen LogP contribution in [0.2, 0.25) is 0 Å². The van der Waals surface area contributed by atoms with Crippen LogP contribution in [0.5, 0.6) is 0 Å². The zero-order valence-electron chi connectivity index (χ0n) is 5.48. The lowest BCUT2D eigenvalue weighted by molar-refractivity contribution is 0.0309. The van der Waals surface area contributed by atoms with E-state index >= 15 is 0 Å². The third-order valence-corrected chi connectivity index (χ3v) is 1.89. The largest absolute Gasteiger partial charge is 0.387 e. The molecule has 0 amide bonds. The molecule has 0 aliphatic heterocycles. The van der Waals surface area contributed by atoms with E-state index in [0.717, 1.165) is 4.57 Å². The predicted octanol–water partition coefficient (Wildman–Crippen LogP) is 2.86. The Balaban J connectivity index is 3.13. The van der Waals surface area contributed by atoms with Crippen molar-refractivity contribution in [2.24, 2.45) is 0 Å². The first-order valence-electron chi connectivity index (χ1n) is 2.70. The van der Waals surface area contributed by atoms with Crippen LogP contribution in [-0.2, 0) is 4.96 Å². The number of imidazole rings is 1. The van der Waals surface area contributed by atoms with E-state index in [2.05, 4.69) is 36.8 Å². The summed E-state index contributed by atoms with van der Waals surface area (Å²) in [6, 6.07) is 0. The molecule has 2 nitrogen and oxygen atoms in total. The van der Waals surface area contributed by atoms with E-state index in [0.29, 0.717) is 4.60 Å². The molecule has 1 aromatic heterocycles. The number of aryl methyl sites for hydroxylation is 1. The van der Waals surface area contributed by atoms with E-state index in [1.165, 1.54) is 13.1 Å². The van der Waals surface area contributed by atoms with Gasteiger partial charge in [-0.25, -0.2) is 4.98 Å². The number of halogens is 4. The molecular formula is C5H4Br2F2N2. The quantitative estimate of drug-likeness (QED) is 0.727. The van der Waals surface area contributed by atoms with E-state index in [1.54, 1.807) is 0 Å². The maximum absolute atomic E-state index is 12.5. The van der Waals surface area contributed by atoms with Crippen LogP contribution in [0.3, 0.4) is 0 Å². The monoisotopic (exact) mass is 288 g/mol. The molecule has 6 heteroatoms.